The molecule has 0 aromatic rings. The maximum atomic E-state index is 12.9. The summed E-state index contributed by atoms with van der Waals surface area (Å²) in [6.07, 6.45) is 83.5. The zero-order chi connectivity index (χ0) is 60.5. The Morgan fingerprint density at radius 1 is 0.386 bits per heavy atom. The molecule has 0 heterocycles. The summed E-state index contributed by atoms with van der Waals surface area (Å²) in [5.41, 5.74) is 0. The van der Waals surface area contributed by atoms with E-state index >= 15 is 0 Å². The van der Waals surface area contributed by atoms with Gasteiger partial charge < -0.3 is 27.9 Å². The maximum Gasteiger partial charge on any atom is 0.306 e. The van der Waals surface area contributed by atoms with E-state index in [4.69, 9.17) is 18.5 Å². The van der Waals surface area contributed by atoms with Crippen LogP contribution >= 0.6 is 7.82 Å². The number of carbonyl (C=O) groups excluding carboxylic acids is 2. The van der Waals surface area contributed by atoms with Crippen LogP contribution in [0.3, 0.4) is 0 Å². The SMILES string of the molecule is CC/C=C\C/C=C\C/C=C\C/C=C\CCCCCCCCCCCCCCCCCCCCC(=O)OC(COC(=O)CCCCCCCCCCCCCCCCCCCCCCCCCCCCCC)COP(=O)([O-])OCC[N+](C)(C)C. The summed E-state index contributed by atoms with van der Waals surface area (Å²) in [5, 5.41) is 0. The molecule has 2 atom stereocenters. The Hall–Kier alpha value is -2.03. The van der Waals surface area contributed by atoms with Crippen LogP contribution in [0, 0.1) is 0 Å². The summed E-state index contributed by atoms with van der Waals surface area (Å²) < 4.78 is 34.4. The number of phosphoric ester groups is 1. The molecule has 10 heteroatoms. The molecule has 0 amide bonds. The molecule has 0 saturated heterocycles. The second-order valence-corrected chi connectivity index (χ2v) is 27.0. The van der Waals surface area contributed by atoms with Gasteiger partial charge in [-0.15, -0.1) is 0 Å². The van der Waals surface area contributed by atoms with Crippen LogP contribution in [-0.2, 0) is 32.7 Å². The number of likely N-dealkylation sites (N-methyl/N-ethyl adjacent to an activating group) is 1. The second kappa shape index (κ2) is 64.4. The lowest BCUT2D eigenvalue weighted by atomic mass is 10.0. The van der Waals surface area contributed by atoms with E-state index in [9.17, 15) is 19.0 Å². The van der Waals surface area contributed by atoms with Gasteiger partial charge in [0.15, 0.2) is 6.10 Å². The fourth-order valence-corrected chi connectivity index (χ4v) is 11.4. The van der Waals surface area contributed by atoms with Crippen LogP contribution in [0.2, 0.25) is 0 Å². The number of quaternary nitrogens is 1. The number of rotatable bonds is 67. The molecule has 488 valence electrons. The van der Waals surface area contributed by atoms with Crippen molar-refractivity contribution in [2.24, 2.45) is 0 Å². The van der Waals surface area contributed by atoms with Gasteiger partial charge in [-0.05, 0) is 51.4 Å². The zero-order valence-electron chi connectivity index (χ0n) is 55.7. The van der Waals surface area contributed by atoms with E-state index < -0.39 is 26.5 Å². The number of hydrogen-bond acceptors (Lipinski definition) is 8. The number of unbranched alkanes of at least 4 members (excludes halogenated alkanes) is 45. The van der Waals surface area contributed by atoms with Gasteiger partial charge in [-0.2, -0.15) is 0 Å². The Morgan fingerprint density at radius 2 is 0.687 bits per heavy atom. The molecule has 0 N–H and O–H groups in total. The Bertz CT molecular complexity index is 1540. The topological polar surface area (TPSA) is 111 Å². The summed E-state index contributed by atoms with van der Waals surface area (Å²) in [5.74, 6) is -0.812. The molecule has 0 fully saturated rings. The molecular formula is C73H138NO8P. The van der Waals surface area contributed by atoms with Crippen LogP contribution in [0.1, 0.15) is 354 Å². The molecule has 0 aromatic carbocycles. The van der Waals surface area contributed by atoms with Crippen LogP contribution in [0.15, 0.2) is 48.6 Å². The molecule has 0 aliphatic rings. The third-order valence-corrected chi connectivity index (χ3v) is 17.1. The second-order valence-electron chi connectivity index (χ2n) is 25.6. The Balaban J connectivity index is 3.98. The first kappa shape index (κ1) is 81.0. The smallest absolute Gasteiger partial charge is 0.306 e. The van der Waals surface area contributed by atoms with Crippen molar-refractivity contribution in [1.82, 2.24) is 0 Å². The fourth-order valence-electron chi connectivity index (χ4n) is 10.7. The third kappa shape index (κ3) is 68.9. The average Bonchev–Trinajstić information content (AvgIpc) is 3.49. The van der Waals surface area contributed by atoms with Gasteiger partial charge in [0.1, 0.15) is 19.8 Å². The molecule has 0 aliphatic heterocycles. The molecule has 83 heavy (non-hydrogen) atoms. The molecule has 0 aromatic heterocycles. The summed E-state index contributed by atoms with van der Waals surface area (Å²) in [7, 11) is 1.19. The van der Waals surface area contributed by atoms with E-state index in [1.807, 2.05) is 21.1 Å². The maximum absolute atomic E-state index is 12.9. The van der Waals surface area contributed by atoms with E-state index in [2.05, 4.69) is 62.5 Å². The first-order valence-corrected chi connectivity index (χ1v) is 37.3. The fraction of sp³-hybridized carbons (Fsp3) is 0.863. The van der Waals surface area contributed by atoms with Gasteiger partial charge in [-0.3, -0.25) is 14.2 Å². The largest absolute Gasteiger partial charge is 0.756 e. The van der Waals surface area contributed by atoms with E-state index in [-0.39, 0.29) is 32.0 Å². The number of ether oxygens (including phenoxy) is 2. The lowest BCUT2D eigenvalue weighted by molar-refractivity contribution is -0.870. The van der Waals surface area contributed by atoms with Crippen LogP contribution in [0.5, 0.6) is 0 Å². The van der Waals surface area contributed by atoms with Crippen LogP contribution < -0.4 is 4.89 Å². The number of phosphoric acid groups is 1. The highest BCUT2D eigenvalue weighted by molar-refractivity contribution is 7.45. The number of carbonyl (C=O) groups is 2. The Labute approximate surface area is 515 Å². The standard InChI is InChI=1S/C73H138NO8P/c1-6-8-10-12-14-16-18-20-22-24-26-28-30-32-34-36-37-38-40-42-44-46-48-50-52-54-56-58-60-62-64-66-73(76)82-71(70-81-83(77,78)80-68-67-74(3,4)5)69-79-72(75)65-63-61-59-57-55-53-51-49-47-45-43-41-39-35-33-31-29-27-25-23-21-19-17-15-13-11-9-7-2/h8,10,14,16,20,22,26,28,71H,6-7,9,11-13,15,17-19,21,23-25,27,29-70H2,1-5H3/b10-8-,16-14-,22-20-,28-26-. The Morgan fingerprint density at radius 3 is 1.02 bits per heavy atom. The van der Waals surface area contributed by atoms with Crippen LogP contribution in [0.25, 0.3) is 0 Å². The summed E-state index contributed by atoms with van der Waals surface area (Å²) >= 11 is 0. The zero-order valence-corrected chi connectivity index (χ0v) is 56.6. The predicted octanol–water partition coefficient (Wildman–Crippen LogP) is 22.6. The van der Waals surface area contributed by atoms with Gasteiger partial charge >= 0.3 is 11.9 Å². The van der Waals surface area contributed by atoms with Crippen LogP contribution in [0.4, 0.5) is 0 Å². The van der Waals surface area contributed by atoms with Crippen LogP contribution in [-0.4, -0.2) is 70.0 Å². The van der Waals surface area contributed by atoms with Crippen molar-refractivity contribution in [1.29, 1.82) is 0 Å². The normalized spacial score (nSPS) is 13.4. The van der Waals surface area contributed by atoms with Crippen molar-refractivity contribution in [2.45, 2.75) is 360 Å². The minimum Gasteiger partial charge on any atom is -0.756 e. The van der Waals surface area contributed by atoms with E-state index in [0.717, 1.165) is 57.8 Å². The Kier molecular flexibility index (Phi) is 62.9. The van der Waals surface area contributed by atoms with E-state index in [1.165, 1.54) is 263 Å². The minimum absolute atomic E-state index is 0.0283. The molecule has 0 spiro atoms. The summed E-state index contributed by atoms with van der Waals surface area (Å²) in [4.78, 5) is 38.1. The van der Waals surface area contributed by atoms with Crippen molar-refractivity contribution in [3.05, 3.63) is 48.6 Å². The average molecular weight is 1190 g/mol. The highest BCUT2D eigenvalue weighted by Gasteiger charge is 2.22. The summed E-state index contributed by atoms with van der Waals surface area (Å²) in [6, 6.07) is 0. The molecule has 2 unspecified atom stereocenters. The van der Waals surface area contributed by atoms with Gasteiger partial charge in [0, 0.05) is 12.8 Å². The number of nitrogens with zero attached hydrogens (tertiary/aromatic N) is 1. The molecule has 0 aliphatic carbocycles. The lowest BCUT2D eigenvalue weighted by Crippen LogP contribution is -2.37. The quantitative estimate of drug-likeness (QED) is 0.0195. The van der Waals surface area contributed by atoms with Crippen molar-refractivity contribution in [3.8, 4) is 0 Å². The van der Waals surface area contributed by atoms with E-state index in [0.29, 0.717) is 17.4 Å². The van der Waals surface area contributed by atoms with Gasteiger partial charge in [0.25, 0.3) is 7.82 Å². The highest BCUT2D eigenvalue weighted by Crippen LogP contribution is 2.38. The minimum atomic E-state index is -4.64. The monoisotopic (exact) mass is 1190 g/mol. The molecule has 9 nitrogen and oxygen atoms in total. The lowest BCUT2D eigenvalue weighted by Gasteiger charge is -2.28. The molecular weight excluding hydrogens is 1050 g/mol. The van der Waals surface area contributed by atoms with Crippen molar-refractivity contribution < 1.29 is 42.1 Å². The van der Waals surface area contributed by atoms with Crippen molar-refractivity contribution in [3.63, 3.8) is 0 Å². The molecule has 0 radical (unpaired) electrons. The predicted molar refractivity (Wildman–Crippen MR) is 356 cm³/mol. The number of esters is 2. The van der Waals surface area contributed by atoms with Gasteiger partial charge in [-0.25, -0.2) is 0 Å². The van der Waals surface area contributed by atoms with Gasteiger partial charge in [0.2, 0.25) is 0 Å². The molecule has 0 saturated carbocycles. The summed E-state index contributed by atoms with van der Waals surface area (Å²) in [6.45, 7) is 4.20. The first-order chi connectivity index (χ1) is 40.5. The molecule has 0 bridgehead atoms. The first-order valence-electron chi connectivity index (χ1n) is 35.8. The van der Waals surface area contributed by atoms with E-state index in [1.54, 1.807) is 0 Å². The number of allylic oxidation sites excluding steroid dienone is 8. The highest BCUT2D eigenvalue weighted by atomic mass is 31.2. The molecule has 0 rings (SSSR count). The van der Waals surface area contributed by atoms with Gasteiger partial charge in [0.05, 0.1) is 27.7 Å². The van der Waals surface area contributed by atoms with Crippen molar-refractivity contribution in [2.75, 3.05) is 47.5 Å². The number of hydrogen-bond donors (Lipinski definition) is 0. The van der Waals surface area contributed by atoms with Gasteiger partial charge in [-0.1, -0.05) is 339 Å². The van der Waals surface area contributed by atoms with Crippen molar-refractivity contribution >= 4 is 19.8 Å². The third-order valence-electron chi connectivity index (χ3n) is 16.1.